The van der Waals surface area contributed by atoms with Crippen LogP contribution in [0, 0.1) is 6.92 Å². The molecule has 0 aliphatic heterocycles. The van der Waals surface area contributed by atoms with Crippen molar-refractivity contribution in [2.45, 2.75) is 6.92 Å². The minimum absolute atomic E-state index is 1.19. The first-order valence-corrected chi connectivity index (χ1v) is 6.06. The molecule has 0 atom stereocenters. The van der Waals surface area contributed by atoms with Crippen LogP contribution in [0.2, 0.25) is 0 Å². The van der Waals surface area contributed by atoms with Gasteiger partial charge in [-0.05, 0) is 29.3 Å². The zero-order valence-corrected chi connectivity index (χ0v) is 10.6. The molecule has 0 saturated heterocycles. The second-order valence-corrected chi connectivity index (χ2v) is 4.54. The van der Waals surface area contributed by atoms with E-state index in [-0.39, 0.29) is 0 Å². The first kappa shape index (κ1) is 10.9. The first-order valence-electron chi connectivity index (χ1n) is 6.06. The van der Waals surface area contributed by atoms with Crippen molar-refractivity contribution in [1.82, 2.24) is 4.98 Å². The van der Waals surface area contributed by atoms with Gasteiger partial charge in [-0.3, -0.25) is 0 Å². The molecule has 0 radical (unpaired) electrons. The summed E-state index contributed by atoms with van der Waals surface area (Å²) in [7, 11) is 2.02. The fraction of sp³-hybridized carbons (Fsp3) is 0.125. The number of fused-ring (bicyclic) bond motifs is 1. The van der Waals surface area contributed by atoms with Gasteiger partial charge in [0.15, 0.2) is 0 Å². The van der Waals surface area contributed by atoms with Gasteiger partial charge in [0.25, 0.3) is 6.33 Å². The van der Waals surface area contributed by atoms with Crippen LogP contribution in [0.3, 0.4) is 0 Å². The molecule has 1 aromatic heterocycles. The largest absolute Gasteiger partial charge is 0.286 e. The van der Waals surface area contributed by atoms with E-state index < -0.39 is 0 Å². The molecule has 3 rings (SSSR count). The molecule has 2 heteroatoms. The number of rotatable bonds is 1. The molecule has 2 nitrogen and oxygen atoms in total. The Bertz CT molecular complexity index is 717. The maximum Gasteiger partial charge on any atom is 0.286 e. The van der Waals surface area contributed by atoms with Crippen molar-refractivity contribution in [2.75, 3.05) is 0 Å². The molecule has 88 valence electrons. The van der Waals surface area contributed by atoms with E-state index in [1.807, 2.05) is 19.6 Å². The third-order valence-electron chi connectivity index (χ3n) is 3.41. The SMILES string of the molecule is Cc1c(-c2ccnc[n+]2C)ccc2ccccc12. The minimum atomic E-state index is 1.19. The Labute approximate surface area is 107 Å². The molecule has 1 heterocycles. The molecule has 2 aromatic carbocycles. The van der Waals surface area contributed by atoms with Crippen molar-refractivity contribution >= 4 is 10.8 Å². The number of nitrogens with zero attached hydrogens (tertiary/aromatic N) is 2. The van der Waals surface area contributed by atoms with Gasteiger partial charge in [-0.1, -0.05) is 35.3 Å². The average molecular weight is 235 g/mol. The van der Waals surface area contributed by atoms with Crippen LogP contribution in [0.1, 0.15) is 5.56 Å². The third kappa shape index (κ3) is 1.66. The molecule has 0 fully saturated rings. The maximum absolute atomic E-state index is 4.13. The molecular weight excluding hydrogens is 220 g/mol. The Morgan fingerprint density at radius 2 is 1.83 bits per heavy atom. The molecule has 0 aliphatic rings. The van der Waals surface area contributed by atoms with E-state index in [0.717, 1.165) is 0 Å². The summed E-state index contributed by atoms with van der Waals surface area (Å²) in [5.41, 5.74) is 3.77. The fourth-order valence-corrected chi connectivity index (χ4v) is 2.42. The van der Waals surface area contributed by atoms with Crippen LogP contribution in [-0.2, 0) is 7.05 Å². The lowest BCUT2D eigenvalue weighted by atomic mass is 9.98. The number of aromatic nitrogens is 2. The lowest BCUT2D eigenvalue weighted by molar-refractivity contribution is -0.663. The van der Waals surface area contributed by atoms with Crippen molar-refractivity contribution in [3.8, 4) is 11.3 Å². The predicted molar refractivity (Wildman–Crippen MR) is 73.1 cm³/mol. The van der Waals surface area contributed by atoms with Crippen molar-refractivity contribution in [2.24, 2.45) is 7.05 Å². The monoisotopic (exact) mass is 235 g/mol. The molecular formula is C16H15N2+. The summed E-state index contributed by atoms with van der Waals surface area (Å²) < 4.78 is 2.05. The summed E-state index contributed by atoms with van der Waals surface area (Å²) in [6.45, 7) is 2.18. The predicted octanol–water partition coefficient (Wildman–Crippen LogP) is 3.03. The summed E-state index contributed by atoms with van der Waals surface area (Å²) in [6.07, 6.45) is 3.67. The molecule has 3 aromatic rings. The second kappa shape index (κ2) is 4.22. The zero-order chi connectivity index (χ0) is 12.5. The van der Waals surface area contributed by atoms with Crippen LogP contribution in [0.15, 0.2) is 55.0 Å². The van der Waals surface area contributed by atoms with Crippen molar-refractivity contribution in [3.05, 3.63) is 60.6 Å². The third-order valence-corrected chi connectivity index (χ3v) is 3.41. The molecule has 0 aliphatic carbocycles. The van der Waals surface area contributed by atoms with Crippen molar-refractivity contribution in [1.29, 1.82) is 0 Å². The quantitative estimate of drug-likeness (QED) is 0.592. The summed E-state index contributed by atoms with van der Waals surface area (Å²) in [6, 6.07) is 14.9. The van der Waals surface area contributed by atoms with E-state index in [1.165, 1.54) is 27.6 Å². The Hall–Kier alpha value is -2.22. The maximum atomic E-state index is 4.13. The molecule has 0 spiro atoms. The second-order valence-electron chi connectivity index (χ2n) is 4.54. The number of hydrogen-bond donors (Lipinski definition) is 0. The fourth-order valence-electron chi connectivity index (χ4n) is 2.42. The minimum Gasteiger partial charge on any atom is -0.233 e. The molecule has 18 heavy (non-hydrogen) atoms. The normalized spacial score (nSPS) is 10.8. The van der Waals surface area contributed by atoms with E-state index in [4.69, 9.17) is 0 Å². The van der Waals surface area contributed by atoms with E-state index >= 15 is 0 Å². The van der Waals surface area contributed by atoms with Crippen LogP contribution in [0.4, 0.5) is 0 Å². The standard InChI is InChI=1S/C16H15N2/c1-12-14-6-4-3-5-13(14)7-8-15(12)16-9-10-17-11-18(16)2/h3-11H,1-2H3/q+1. The summed E-state index contributed by atoms with van der Waals surface area (Å²) in [5.74, 6) is 0. The smallest absolute Gasteiger partial charge is 0.233 e. The highest BCUT2D eigenvalue weighted by atomic mass is 15.0. The van der Waals surface area contributed by atoms with Gasteiger partial charge in [-0.2, -0.15) is 0 Å². The lowest BCUT2D eigenvalue weighted by Crippen LogP contribution is -2.31. The Morgan fingerprint density at radius 3 is 2.67 bits per heavy atom. The first-order chi connectivity index (χ1) is 8.77. The number of hydrogen-bond acceptors (Lipinski definition) is 1. The molecule has 0 unspecified atom stereocenters. The van der Waals surface area contributed by atoms with Gasteiger partial charge in [0.2, 0.25) is 0 Å². The van der Waals surface area contributed by atoms with E-state index in [1.54, 1.807) is 0 Å². The van der Waals surface area contributed by atoms with Crippen LogP contribution in [-0.4, -0.2) is 4.98 Å². The average Bonchev–Trinajstić information content (AvgIpc) is 2.41. The highest BCUT2D eigenvalue weighted by Gasteiger charge is 2.10. The highest BCUT2D eigenvalue weighted by molar-refractivity contribution is 5.90. The van der Waals surface area contributed by atoms with Crippen molar-refractivity contribution < 1.29 is 4.57 Å². The van der Waals surface area contributed by atoms with Gasteiger partial charge in [0, 0.05) is 11.6 Å². The topological polar surface area (TPSA) is 16.8 Å². The lowest BCUT2D eigenvalue weighted by Gasteiger charge is -2.09. The van der Waals surface area contributed by atoms with Crippen molar-refractivity contribution in [3.63, 3.8) is 0 Å². The van der Waals surface area contributed by atoms with E-state index in [9.17, 15) is 0 Å². The van der Waals surface area contributed by atoms with Crippen LogP contribution in [0.25, 0.3) is 22.0 Å². The van der Waals surface area contributed by atoms with Gasteiger partial charge in [0.1, 0.15) is 11.9 Å². The van der Waals surface area contributed by atoms with Gasteiger partial charge >= 0.3 is 0 Å². The van der Waals surface area contributed by atoms with Crippen LogP contribution >= 0.6 is 0 Å². The Kier molecular flexibility index (Phi) is 2.56. The Morgan fingerprint density at radius 1 is 1.00 bits per heavy atom. The molecule has 0 bridgehead atoms. The van der Waals surface area contributed by atoms with Gasteiger partial charge in [0.05, 0.1) is 7.05 Å². The van der Waals surface area contributed by atoms with Gasteiger partial charge in [-0.25, -0.2) is 4.57 Å². The van der Waals surface area contributed by atoms with Gasteiger partial charge < -0.3 is 0 Å². The Balaban J connectivity index is 2.31. The number of aryl methyl sites for hydroxylation is 2. The molecule has 0 saturated carbocycles. The van der Waals surface area contributed by atoms with Crippen LogP contribution in [0.5, 0.6) is 0 Å². The summed E-state index contributed by atoms with van der Waals surface area (Å²) >= 11 is 0. The highest BCUT2D eigenvalue weighted by Crippen LogP contribution is 2.27. The molecule has 0 N–H and O–H groups in total. The zero-order valence-electron chi connectivity index (χ0n) is 10.6. The van der Waals surface area contributed by atoms with E-state index in [0.29, 0.717) is 0 Å². The van der Waals surface area contributed by atoms with Gasteiger partial charge in [-0.15, -0.1) is 0 Å². The van der Waals surface area contributed by atoms with Crippen LogP contribution < -0.4 is 4.57 Å². The van der Waals surface area contributed by atoms with E-state index in [2.05, 4.69) is 58.9 Å². The summed E-state index contributed by atoms with van der Waals surface area (Å²) in [4.78, 5) is 4.13. The molecule has 0 amide bonds. The summed E-state index contributed by atoms with van der Waals surface area (Å²) in [5, 5.41) is 2.60. The number of benzene rings is 2.